The van der Waals surface area contributed by atoms with Crippen LogP contribution >= 0.6 is 0 Å². The molecule has 0 fully saturated rings. The summed E-state index contributed by atoms with van der Waals surface area (Å²) in [5.74, 6) is -0.415. The quantitative estimate of drug-likeness (QED) is 0.446. The van der Waals surface area contributed by atoms with Gasteiger partial charge in [-0.3, -0.25) is 0 Å². The van der Waals surface area contributed by atoms with E-state index in [0.29, 0.717) is 11.1 Å². The summed E-state index contributed by atoms with van der Waals surface area (Å²) in [7, 11) is 0. The van der Waals surface area contributed by atoms with Gasteiger partial charge in [-0.15, -0.1) is 10.1 Å². The maximum Gasteiger partial charge on any atom is 0.338 e. The molecule has 0 atom stereocenters. The van der Waals surface area contributed by atoms with Gasteiger partial charge in [0.05, 0.1) is 11.7 Å². The molecule has 0 radical (unpaired) electrons. The molecule has 1 aromatic carbocycles. The van der Waals surface area contributed by atoms with Crippen LogP contribution in [0.15, 0.2) is 24.3 Å². The zero-order valence-electron chi connectivity index (χ0n) is 9.58. The van der Waals surface area contributed by atoms with Crippen LogP contribution in [0.1, 0.15) is 29.8 Å². The van der Waals surface area contributed by atoms with Crippen LogP contribution in [-0.2, 0) is 16.2 Å². The van der Waals surface area contributed by atoms with E-state index < -0.39 is 11.1 Å². The van der Waals surface area contributed by atoms with Crippen molar-refractivity contribution in [3.05, 3.63) is 45.5 Å². The Morgan fingerprint density at radius 2 is 1.94 bits per heavy atom. The van der Waals surface area contributed by atoms with E-state index in [-0.39, 0.29) is 12.7 Å². The SMILES string of the molecule is CC(C)OC(=O)c1ccc(CO[N+](=O)[O-])cc1. The lowest BCUT2D eigenvalue weighted by Crippen LogP contribution is -2.11. The van der Waals surface area contributed by atoms with Crippen molar-refractivity contribution in [3.8, 4) is 0 Å². The largest absolute Gasteiger partial charge is 0.459 e. The highest BCUT2D eigenvalue weighted by atomic mass is 16.9. The van der Waals surface area contributed by atoms with E-state index in [1.54, 1.807) is 38.1 Å². The Kier molecular flexibility index (Phi) is 4.45. The van der Waals surface area contributed by atoms with Crippen molar-refractivity contribution in [2.45, 2.75) is 26.6 Å². The number of esters is 1. The maximum atomic E-state index is 11.5. The Morgan fingerprint density at radius 3 is 2.41 bits per heavy atom. The first-order valence-corrected chi connectivity index (χ1v) is 5.06. The van der Waals surface area contributed by atoms with Crippen LogP contribution in [0.5, 0.6) is 0 Å². The molecule has 0 saturated heterocycles. The minimum Gasteiger partial charge on any atom is -0.459 e. The molecule has 0 aromatic heterocycles. The lowest BCUT2D eigenvalue weighted by molar-refractivity contribution is -0.763. The highest BCUT2D eigenvalue weighted by Crippen LogP contribution is 2.08. The molecule has 1 rings (SSSR count). The Morgan fingerprint density at radius 1 is 1.35 bits per heavy atom. The molecule has 6 nitrogen and oxygen atoms in total. The molecule has 0 saturated carbocycles. The number of carbonyl (C=O) groups is 1. The van der Waals surface area contributed by atoms with Crippen molar-refractivity contribution < 1.29 is 19.5 Å². The normalized spacial score (nSPS) is 10.1. The van der Waals surface area contributed by atoms with Crippen LogP contribution in [-0.4, -0.2) is 17.2 Å². The predicted octanol–water partition coefficient (Wildman–Crippen LogP) is 1.96. The van der Waals surface area contributed by atoms with Gasteiger partial charge < -0.3 is 9.57 Å². The van der Waals surface area contributed by atoms with Gasteiger partial charge in [0.1, 0.15) is 6.61 Å². The molecular weight excluding hydrogens is 226 g/mol. The van der Waals surface area contributed by atoms with Crippen molar-refractivity contribution in [3.63, 3.8) is 0 Å². The molecule has 0 amide bonds. The monoisotopic (exact) mass is 239 g/mol. The number of hydrogen-bond acceptors (Lipinski definition) is 5. The van der Waals surface area contributed by atoms with Gasteiger partial charge in [0, 0.05) is 0 Å². The number of nitrogens with zero attached hydrogens (tertiary/aromatic N) is 1. The fourth-order valence-electron chi connectivity index (χ4n) is 1.15. The average molecular weight is 239 g/mol. The smallest absolute Gasteiger partial charge is 0.338 e. The van der Waals surface area contributed by atoms with Gasteiger partial charge in [-0.25, -0.2) is 4.79 Å². The fraction of sp³-hybridized carbons (Fsp3) is 0.364. The molecular formula is C11H13NO5. The molecule has 0 aliphatic carbocycles. The summed E-state index contributed by atoms with van der Waals surface area (Å²) in [5, 5.41) is 9.12. The Labute approximate surface area is 98.3 Å². The molecule has 0 heterocycles. The second kappa shape index (κ2) is 5.83. The van der Waals surface area contributed by atoms with Gasteiger partial charge in [0.25, 0.3) is 5.09 Å². The van der Waals surface area contributed by atoms with Crippen molar-refractivity contribution in [2.75, 3.05) is 0 Å². The van der Waals surface area contributed by atoms with Crippen molar-refractivity contribution in [1.29, 1.82) is 0 Å². The molecule has 0 unspecified atom stereocenters. The standard InChI is InChI=1S/C11H13NO5/c1-8(2)17-11(13)10-5-3-9(4-6-10)7-16-12(14)15/h3-6,8H,7H2,1-2H3. The van der Waals surface area contributed by atoms with E-state index >= 15 is 0 Å². The maximum absolute atomic E-state index is 11.5. The minimum atomic E-state index is -0.860. The number of rotatable bonds is 5. The summed E-state index contributed by atoms with van der Waals surface area (Å²) >= 11 is 0. The number of carbonyl (C=O) groups excluding carboxylic acids is 1. The average Bonchev–Trinajstić information content (AvgIpc) is 2.26. The van der Waals surface area contributed by atoms with Gasteiger partial charge >= 0.3 is 5.97 Å². The topological polar surface area (TPSA) is 78.7 Å². The van der Waals surface area contributed by atoms with Crippen LogP contribution in [0.2, 0.25) is 0 Å². The highest BCUT2D eigenvalue weighted by Gasteiger charge is 2.08. The third kappa shape index (κ3) is 4.50. The molecule has 0 N–H and O–H groups in total. The first-order valence-electron chi connectivity index (χ1n) is 5.06. The second-order valence-corrected chi connectivity index (χ2v) is 3.65. The molecule has 0 bridgehead atoms. The Balaban J connectivity index is 2.61. The van der Waals surface area contributed by atoms with Crippen molar-refractivity contribution in [2.24, 2.45) is 0 Å². The Hall–Kier alpha value is -2.11. The summed E-state index contributed by atoms with van der Waals surface area (Å²) in [4.78, 5) is 25.6. The van der Waals surface area contributed by atoms with Crippen molar-refractivity contribution in [1.82, 2.24) is 0 Å². The fourth-order valence-corrected chi connectivity index (χ4v) is 1.15. The molecule has 17 heavy (non-hydrogen) atoms. The summed E-state index contributed by atoms with van der Waals surface area (Å²) < 4.78 is 5.00. The molecule has 0 spiro atoms. The molecule has 6 heteroatoms. The van der Waals surface area contributed by atoms with E-state index in [1.165, 1.54) is 0 Å². The molecule has 92 valence electrons. The zero-order chi connectivity index (χ0) is 12.8. The molecule has 0 aliphatic rings. The number of hydrogen-bond donors (Lipinski definition) is 0. The van der Waals surface area contributed by atoms with E-state index in [9.17, 15) is 14.9 Å². The van der Waals surface area contributed by atoms with Crippen LogP contribution in [0.4, 0.5) is 0 Å². The highest BCUT2D eigenvalue weighted by molar-refractivity contribution is 5.89. The summed E-state index contributed by atoms with van der Waals surface area (Å²) in [6.07, 6.45) is -0.181. The van der Waals surface area contributed by atoms with Crippen LogP contribution in [0.25, 0.3) is 0 Å². The minimum absolute atomic E-state index is 0.132. The van der Waals surface area contributed by atoms with E-state index in [1.807, 2.05) is 0 Å². The number of ether oxygens (including phenoxy) is 1. The van der Waals surface area contributed by atoms with E-state index in [2.05, 4.69) is 4.84 Å². The van der Waals surface area contributed by atoms with Crippen LogP contribution in [0.3, 0.4) is 0 Å². The summed E-state index contributed by atoms with van der Waals surface area (Å²) in [6.45, 7) is 3.39. The lowest BCUT2D eigenvalue weighted by atomic mass is 10.1. The molecule has 1 aromatic rings. The number of benzene rings is 1. The molecule has 0 aliphatic heterocycles. The first-order chi connectivity index (χ1) is 7.99. The third-order valence-corrected chi connectivity index (χ3v) is 1.87. The predicted molar refractivity (Wildman–Crippen MR) is 58.8 cm³/mol. The second-order valence-electron chi connectivity index (χ2n) is 3.65. The van der Waals surface area contributed by atoms with E-state index in [0.717, 1.165) is 0 Å². The summed E-state index contributed by atoms with van der Waals surface area (Å²) in [6, 6.07) is 6.26. The van der Waals surface area contributed by atoms with Gasteiger partial charge in [-0.2, -0.15) is 0 Å². The zero-order valence-corrected chi connectivity index (χ0v) is 9.58. The first kappa shape index (κ1) is 13.0. The third-order valence-electron chi connectivity index (χ3n) is 1.87. The summed E-state index contributed by atoms with van der Waals surface area (Å²) in [5.41, 5.74) is 1.02. The van der Waals surface area contributed by atoms with Gasteiger partial charge in [-0.1, -0.05) is 12.1 Å². The van der Waals surface area contributed by atoms with Crippen molar-refractivity contribution >= 4 is 5.97 Å². The van der Waals surface area contributed by atoms with Gasteiger partial charge in [0.2, 0.25) is 0 Å². The van der Waals surface area contributed by atoms with Gasteiger partial charge in [-0.05, 0) is 31.5 Å². The Bertz CT molecular complexity index is 399. The van der Waals surface area contributed by atoms with E-state index in [4.69, 9.17) is 4.74 Å². The van der Waals surface area contributed by atoms with Crippen LogP contribution < -0.4 is 0 Å². The lowest BCUT2D eigenvalue weighted by Gasteiger charge is -2.08. The van der Waals surface area contributed by atoms with Gasteiger partial charge in [0.15, 0.2) is 0 Å². The van der Waals surface area contributed by atoms with Crippen LogP contribution in [0, 0.1) is 10.1 Å².